The second kappa shape index (κ2) is 8.18. The van der Waals surface area contributed by atoms with Crippen LogP contribution < -0.4 is 14.8 Å². The number of benzene rings is 3. The second-order valence-electron chi connectivity index (χ2n) is 6.07. The molecule has 3 aromatic rings. The molecule has 1 N–H and O–H groups in total. The third kappa shape index (κ3) is 4.26. The average Bonchev–Trinajstić information content (AvgIpc) is 2.73. The average molecular weight is 377 g/mol. The van der Waals surface area contributed by atoms with Gasteiger partial charge in [0.1, 0.15) is 18.5 Å². The van der Waals surface area contributed by atoms with E-state index < -0.39 is 0 Å². The lowest BCUT2D eigenvalue weighted by atomic mass is 10.1. The first-order valence-electron chi connectivity index (χ1n) is 8.77. The summed E-state index contributed by atoms with van der Waals surface area (Å²) in [4.78, 5) is 14.1. The van der Waals surface area contributed by atoms with Gasteiger partial charge < -0.3 is 14.8 Å². The fraction of sp³-hybridized carbons (Fsp3) is 0.136. The summed E-state index contributed by atoms with van der Waals surface area (Å²) in [5.41, 5.74) is 1.65. The van der Waals surface area contributed by atoms with E-state index in [1.807, 2.05) is 78.9 Å². The molecular formula is C22H19NO3S. The number of nitrogens with one attached hydrogen (secondary N) is 1. The van der Waals surface area contributed by atoms with Gasteiger partial charge in [-0.1, -0.05) is 48.5 Å². The Balaban J connectivity index is 1.57. The molecule has 0 saturated heterocycles. The standard InChI is InChI=1S/C22H19NO3S/c24-22(23-17-11-12-19-20(15-17)26-14-13-25-19)21(16-7-3-1-4-8-16)27-18-9-5-2-6-10-18/h1-12,15,21H,13-14H2,(H,23,24)/t21-/m0/s1. The highest BCUT2D eigenvalue weighted by Crippen LogP contribution is 2.37. The minimum atomic E-state index is -0.359. The van der Waals surface area contributed by atoms with Crippen LogP contribution in [0, 0.1) is 0 Å². The molecule has 0 saturated carbocycles. The van der Waals surface area contributed by atoms with Gasteiger partial charge in [0.2, 0.25) is 5.91 Å². The molecule has 5 heteroatoms. The third-order valence-electron chi connectivity index (χ3n) is 4.15. The Bertz CT molecular complexity index is 915. The molecule has 0 fully saturated rings. The zero-order valence-electron chi connectivity index (χ0n) is 14.6. The van der Waals surface area contributed by atoms with Gasteiger partial charge in [-0.2, -0.15) is 0 Å². The number of thioether (sulfide) groups is 1. The number of rotatable bonds is 5. The predicted molar refractivity (Wildman–Crippen MR) is 108 cm³/mol. The van der Waals surface area contributed by atoms with Gasteiger partial charge in [0.05, 0.1) is 0 Å². The summed E-state index contributed by atoms with van der Waals surface area (Å²) in [6.45, 7) is 1.06. The van der Waals surface area contributed by atoms with Crippen LogP contribution in [0.3, 0.4) is 0 Å². The fourth-order valence-corrected chi connectivity index (χ4v) is 3.91. The summed E-state index contributed by atoms with van der Waals surface area (Å²) in [6, 6.07) is 25.2. The van der Waals surface area contributed by atoms with E-state index in [-0.39, 0.29) is 11.2 Å². The highest BCUT2D eigenvalue weighted by Gasteiger charge is 2.23. The van der Waals surface area contributed by atoms with Crippen molar-refractivity contribution in [1.82, 2.24) is 0 Å². The maximum Gasteiger partial charge on any atom is 0.242 e. The number of anilines is 1. The molecule has 1 atom stereocenters. The minimum absolute atomic E-state index is 0.0771. The van der Waals surface area contributed by atoms with Crippen LogP contribution in [-0.2, 0) is 4.79 Å². The summed E-state index contributed by atoms with van der Waals surface area (Å²) >= 11 is 1.53. The van der Waals surface area contributed by atoms with E-state index in [4.69, 9.17) is 9.47 Å². The quantitative estimate of drug-likeness (QED) is 0.641. The summed E-state index contributed by atoms with van der Waals surface area (Å²) in [5.74, 6) is 1.29. The lowest BCUT2D eigenvalue weighted by Gasteiger charge is -2.20. The fourth-order valence-electron chi connectivity index (χ4n) is 2.86. The number of carbonyl (C=O) groups is 1. The zero-order valence-corrected chi connectivity index (χ0v) is 15.4. The van der Waals surface area contributed by atoms with Crippen molar-refractivity contribution in [2.24, 2.45) is 0 Å². The van der Waals surface area contributed by atoms with E-state index in [1.54, 1.807) is 0 Å². The molecule has 0 aliphatic carbocycles. The Morgan fingerprint density at radius 3 is 2.26 bits per heavy atom. The van der Waals surface area contributed by atoms with E-state index in [0.29, 0.717) is 30.4 Å². The molecule has 27 heavy (non-hydrogen) atoms. The molecule has 3 aromatic carbocycles. The molecular weight excluding hydrogens is 358 g/mol. The molecule has 1 aliphatic heterocycles. The van der Waals surface area contributed by atoms with Crippen LogP contribution in [0.25, 0.3) is 0 Å². The minimum Gasteiger partial charge on any atom is -0.486 e. The van der Waals surface area contributed by atoms with Crippen molar-refractivity contribution in [2.45, 2.75) is 10.1 Å². The Labute approximate surface area is 162 Å². The smallest absolute Gasteiger partial charge is 0.242 e. The van der Waals surface area contributed by atoms with Gasteiger partial charge in [-0.25, -0.2) is 0 Å². The monoisotopic (exact) mass is 377 g/mol. The summed E-state index contributed by atoms with van der Waals surface area (Å²) in [7, 11) is 0. The number of amides is 1. The molecule has 1 aliphatic rings. The van der Waals surface area contributed by atoms with Crippen molar-refractivity contribution < 1.29 is 14.3 Å². The molecule has 4 rings (SSSR count). The molecule has 0 unspecified atom stereocenters. The van der Waals surface area contributed by atoms with Crippen molar-refractivity contribution in [3.63, 3.8) is 0 Å². The molecule has 0 spiro atoms. The molecule has 1 amide bonds. The summed E-state index contributed by atoms with van der Waals surface area (Å²) in [5, 5.41) is 2.66. The van der Waals surface area contributed by atoms with Gasteiger partial charge in [-0.3, -0.25) is 4.79 Å². The van der Waals surface area contributed by atoms with E-state index in [0.717, 1.165) is 10.5 Å². The number of hydrogen-bond donors (Lipinski definition) is 1. The van der Waals surface area contributed by atoms with Crippen LogP contribution in [0.4, 0.5) is 5.69 Å². The van der Waals surface area contributed by atoms with Gasteiger partial charge in [0.15, 0.2) is 11.5 Å². The van der Waals surface area contributed by atoms with Crippen molar-refractivity contribution in [3.05, 3.63) is 84.4 Å². The summed E-state index contributed by atoms with van der Waals surface area (Å²) in [6.07, 6.45) is 0. The van der Waals surface area contributed by atoms with E-state index in [2.05, 4.69) is 5.32 Å². The SMILES string of the molecule is O=C(Nc1ccc2c(c1)OCCO2)[C@@H](Sc1ccccc1)c1ccccc1. The summed E-state index contributed by atoms with van der Waals surface area (Å²) < 4.78 is 11.1. The lowest BCUT2D eigenvalue weighted by Crippen LogP contribution is -2.20. The Morgan fingerprint density at radius 1 is 0.852 bits per heavy atom. The lowest BCUT2D eigenvalue weighted by molar-refractivity contribution is -0.115. The molecule has 0 aromatic heterocycles. The van der Waals surface area contributed by atoms with Crippen LogP contribution in [-0.4, -0.2) is 19.1 Å². The predicted octanol–water partition coefficient (Wildman–Crippen LogP) is 4.93. The van der Waals surface area contributed by atoms with E-state index in [9.17, 15) is 4.79 Å². The molecule has 4 nitrogen and oxygen atoms in total. The molecule has 0 bridgehead atoms. The molecule has 0 radical (unpaired) electrons. The van der Waals surface area contributed by atoms with Crippen molar-refractivity contribution in [3.8, 4) is 11.5 Å². The zero-order chi connectivity index (χ0) is 18.5. The van der Waals surface area contributed by atoms with Gasteiger partial charge >= 0.3 is 0 Å². The largest absolute Gasteiger partial charge is 0.486 e. The number of carbonyl (C=O) groups excluding carboxylic acids is 1. The highest BCUT2D eigenvalue weighted by molar-refractivity contribution is 8.00. The van der Waals surface area contributed by atoms with Gasteiger partial charge in [0, 0.05) is 16.6 Å². The Morgan fingerprint density at radius 2 is 1.52 bits per heavy atom. The molecule has 136 valence electrons. The van der Waals surface area contributed by atoms with Crippen LogP contribution in [0.1, 0.15) is 10.8 Å². The first-order valence-corrected chi connectivity index (χ1v) is 9.65. The first-order chi connectivity index (χ1) is 13.3. The van der Waals surface area contributed by atoms with E-state index >= 15 is 0 Å². The number of fused-ring (bicyclic) bond motifs is 1. The van der Waals surface area contributed by atoms with Gasteiger partial charge in [-0.15, -0.1) is 11.8 Å². The third-order valence-corrected chi connectivity index (χ3v) is 5.41. The maximum absolute atomic E-state index is 13.1. The Kier molecular flexibility index (Phi) is 5.30. The Hall–Kier alpha value is -2.92. The second-order valence-corrected chi connectivity index (χ2v) is 7.25. The van der Waals surface area contributed by atoms with Crippen LogP contribution in [0.2, 0.25) is 0 Å². The van der Waals surface area contributed by atoms with Gasteiger partial charge in [0.25, 0.3) is 0 Å². The maximum atomic E-state index is 13.1. The normalized spacial score (nSPS) is 13.6. The van der Waals surface area contributed by atoms with Crippen molar-refractivity contribution in [2.75, 3.05) is 18.5 Å². The van der Waals surface area contributed by atoms with Crippen LogP contribution >= 0.6 is 11.8 Å². The highest BCUT2D eigenvalue weighted by atomic mass is 32.2. The van der Waals surface area contributed by atoms with Crippen LogP contribution in [0.15, 0.2) is 83.8 Å². The van der Waals surface area contributed by atoms with Gasteiger partial charge in [-0.05, 0) is 29.8 Å². The van der Waals surface area contributed by atoms with Crippen molar-refractivity contribution in [1.29, 1.82) is 0 Å². The van der Waals surface area contributed by atoms with Crippen LogP contribution in [0.5, 0.6) is 11.5 Å². The topological polar surface area (TPSA) is 47.6 Å². The van der Waals surface area contributed by atoms with Crippen molar-refractivity contribution >= 4 is 23.4 Å². The van der Waals surface area contributed by atoms with E-state index in [1.165, 1.54) is 11.8 Å². The number of ether oxygens (including phenoxy) is 2. The first kappa shape index (κ1) is 17.5. The number of hydrogen-bond acceptors (Lipinski definition) is 4. The molecule has 1 heterocycles.